The normalized spacial score (nSPS) is 19.5. The Morgan fingerprint density at radius 2 is 2.10 bits per heavy atom. The summed E-state index contributed by atoms with van der Waals surface area (Å²) in [5.41, 5.74) is -1.04. The van der Waals surface area contributed by atoms with Gasteiger partial charge in [-0.1, -0.05) is 0 Å². The average molecular weight is 303 g/mol. The van der Waals surface area contributed by atoms with Crippen LogP contribution in [0.2, 0.25) is 0 Å². The maximum Gasteiger partial charge on any atom is 0.435 e. The molecular weight excluding hydrogens is 287 g/mol. The van der Waals surface area contributed by atoms with E-state index in [0.717, 1.165) is 6.07 Å². The molecule has 1 saturated heterocycles. The lowest BCUT2D eigenvalue weighted by Crippen LogP contribution is -2.58. The molecule has 1 aliphatic rings. The monoisotopic (exact) mass is 303 g/mol. The third-order valence-electron chi connectivity index (χ3n) is 3.20. The fourth-order valence-electron chi connectivity index (χ4n) is 2.13. The van der Waals surface area contributed by atoms with Gasteiger partial charge < -0.3 is 15.1 Å². The summed E-state index contributed by atoms with van der Waals surface area (Å²) < 4.78 is 37.5. The molecule has 1 amide bonds. The van der Waals surface area contributed by atoms with E-state index >= 15 is 0 Å². The number of likely N-dealkylation sites (N-methyl/N-ethyl adjacent to an activating group) is 1. The molecule has 1 atom stereocenters. The number of hydrogen-bond acceptors (Lipinski definition) is 5. The number of amides is 1. The zero-order valence-corrected chi connectivity index (χ0v) is 11.7. The molecule has 0 spiro atoms. The lowest BCUT2D eigenvalue weighted by atomic mass is 10.1. The van der Waals surface area contributed by atoms with Crippen LogP contribution < -0.4 is 10.2 Å². The highest BCUT2D eigenvalue weighted by atomic mass is 19.4. The van der Waals surface area contributed by atoms with E-state index < -0.39 is 17.9 Å². The van der Waals surface area contributed by atoms with Gasteiger partial charge in [0.05, 0.1) is 0 Å². The minimum atomic E-state index is -4.52. The standard InChI is InChI=1S/C12H16F3N5O/c1-19(2)11(21)8-7-16-5-6-20(8)10-4-3-9(17-18-10)12(13,14)15/h3-4,8,16H,5-7H2,1-2H3. The molecule has 1 unspecified atom stereocenters. The first-order valence-electron chi connectivity index (χ1n) is 6.40. The molecular formula is C12H16F3N5O. The fourth-order valence-corrected chi connectivity index (χ4v) is 2.13. The molecule has 0 bridgehead atoms. The number of nitrogens with zero attached hydrogens (tertiary/aromatic N) is 4. The van der Waals surface area contributed by atoms with Crippen LogP contribution in [-0.2, 0) is 11.0 Å². The molecule has 21 heavy (non-hydrogen) atoms. The third kappa shape index (κ3) is 3.41. The Morgan fingerprint density at radius 1 is 1.38 bits per heavy atom. The Kier molecular flexibility index (Phi) is 4.31. The SMILES string of the molecule is CN(C)C(=O)C1CNCCN1c1ccc(C(F)(F)F)nn1. The molecule has 6 nitrogen and oxygen atoms in total. The highest BCUT2D eigenvalue weighted by Gasteiger charge is 2.34. The van der Waals surface area contributed by atoms with E-state index in [1.54, 1.807) is 19.0 Å². The predicted molar refractivity (Wildman–Crippen MR) is 69.7 cm³/mol. The van der Waals surface area contributed by atoms with E-state index in [9.17, 15) is 18.0 Å². The first-order valence-corrected chi connectivity index (χ1v) is 6.40. The van der Waals surface area contributed by atoms with Gasteiger partial charge >= 0.3 is 6.18 Å². The molecule has 1 aromatic rings. The molecule has 0 aromatic carbocycles. The van der Waals surface area contributed by atoms with Crippen LogP contribution in [0, 0.1) is 0 Å². The van der Waals surface area contributed by atoms with Gasteiger partial charge in [0.25, 0.3) is 0 Å². The van der Waals surface area contributed by atoms with Gasteiger partial charge in [-0.25, -0.2) is 0 Å². The number of carbonyl (C=O) groups excluding carboxylic acids is 1. The van der Waals surface area contributed by atoms with Crippen molar-refractivity contribution in [2.24, 2.45) is 0 Å². The second-order valence-corrected chi connectivity index (χ2v) is 4.92. The predicted octanol–water partition coefficient (Wildman–Crippen LogP) is 0.362. The van der Waals surface area contributed by atoms with E-state index in [1.165, 1.54) is 11.0 Å². The molecule has 9 heteroatoms. The number of aromatic nitrogens is 2. The van der Waals surface area contributed by atoms with Crippen LogP contribution in [-0.4, -0.2) is 60.8 Å². The van der Waals surface area contributed by atoms with Crippen molar-refractivity contribution in [2.45, 2.75) is 12.2 Å². The van der Waals surface area contributed by atoms with Crippen molar-refractivity contribution >= 4 is 11.7 Å². The Morgan fingerprint density at radius 3 is 2.62 bits per heavy atom. The van der Waals surface area contributed by atoms with Crippen molar-refractivity contribution in [1.82, 2.24) is 20.4 Å². The van der Waals surface area contributed by atoms with Crippen molar-refractivity contribution in [1.29, 1.82) is 0 Å². The van der Waals surface area contributed by atoms with Crippen molar-refractivity contribution in [3.8, 4) is 0 Å². The third-order valence-corrected chi connectivity index (χ3v) is 3.20. The van der Waals surface area contributed by atoms with Gasteiger partial charge in [-0.15, -0.1) is 10.2 Å². The maximum absolute atomic E-state index is 12.5. The van der Waals surface area contributed by atoms with Gasteiger partial charge in [0.15, 0.2) is 11.5 Å². The molecule has 0 aliphatic carbocycles. The number of halogens is 3. The fraction of sp³-hybridized carbons (Fsp3) is 0.583. The maximum atomic E-state index is 12.5. The van der Waals surface area contributed by atoms with Crippen LogP contribution in [0.4, 0.5) is 19.0 Å². The summed E-state index contributed by atoms with van der Waals surface area (Å²) in [6, 6.07) is 1.62. The van der Waals surface area contributed by atoms with Crippen LogP contribution in [0.3, 0.4) is 0 Å². The van der Waals surface area contributed by atoms with Crippen molar-refractivity contribution in [3.05, 3.63) is 17.8 Å². The lowest BCUT2D eigenvalue weighted by Gasteiger charge is -2.36. The molecule has 0 saturated carbocycles. The van der Waals surface area contributed by atoms with Crippen LogP contribution in [0.5, 0.6) is 0 Å². The molecule has 1 N–H and O–H groups in total. The van der Waals surface area contributed by atoms with E-state index in [2.05, 4.69) is 15.5 Å². The van der Waals surface area contributed by atoms with Crippen LogP contribution in [0.25, 0.3) is 0 Å². The molecule has 1 fully saturated rings. The van der Waals surface area contributed by atoms with E-state index in [1.807, 2.05) is 0 Å². The van der Waals surface area contributed by atoms with Gasteiger partial charge in [-0.05, 0) is 12.1 Å². The zero-order valence-electron chi connectivity index (χ0n) is 11.7. The number of nitrogens with one attached hydrogen (secondary N) is 1. The van der Waals surface area contributed by atoms with Crippen molar-refractivity contribution in [2.75, 3.05) is 38.6 Å². The summed E-state index contributed by atoms with van der Waals surface area (Å²) in [5, 5.41) is 9.91. The minimum Gasteiger partial charge on any atom is -0.347 e. The molecule has 2 heterocycles. The quantitative estimate of drug-likeness (QED) is 0.855. The Balaban J connectivity index is 2.23. The van der Waals surface area contributed by atoms with Gasteiger partial charge in [-0.3, -0.25) is 4.79 Å². The minimum absolute atomic E-state index is 0.135. The molecule has 1 aliphatic heterocycles. The van der Waals surface area contributed by atoms with Crippen LogP contribution in [0.1, 0.15) is 5.69 Å². The van der Waals surface area contributed by atoms with Gasteiger partial charge in [0.2, 0.25) is 5.91 Å². The highest BCUT2D eigenvalue weighted by Crippen LogP contribution is 2.28. The number of piperazine rings is 1. The molecule has 116 valence electrons. The zero-order chi connectivity index (χ0) is 15.6. The second-order valence-electron chi connectivity index (χ2n) is 4.92. The Hall–Kier alpha value is -1.90. The first kappa shape index (κ1) is 15.5. The number of anilines is 1. The van der Waals surface area contributed by atoms with E-state index in [-0.39, 0.29) is 11.7 Å². The highest BCUT2D eigenvalue weighted by molar-refractivity contribution is 5.85. The summed E-state index contributed by atoms with van der Waals surface area (Å²) in [4.78, 5) is 15.2. The van der Waals surface area contributed by atoms with E-state index in [4.69, 9.17) is 0 Å². The van der Waals surface area contributed by atoms with Gasteiger partial charge in [-0.2, -0.15) is 13.2 Å². The lowest BCUT2D eigenvalue weighted by molar-refractivity contribution is -0.141. The number of rotatable bonds is 2. The number of carbonyl (C=O) groups is 1. The first-order chi connectivity index (χ1) is 9.80. The largest absolute Gasteiger partial charge is 0.435 e. The molecule has 1 aromatic heterocycles. The summed E-state index contributed by atoms with van der Waals surface area (Å²) in [5.74, 6) is 0.133. The van der Waals surface area contributed by atoms with E-state index in [0.29, 0.717) is 19.6 Å². The summed E-state index contributed by atoms with van der Waals surface area (Å²) in [7, 11) is 3.26. The number of hydrogen-bond donors (Lipinski definition) is 1. The summed E-state index contributed by atoms with van der Waals surface area (Å²) in [6.45, 7) is 1.52. The average Bonchev–Trinajstić information content (AvgIpc) is 2.45. The van der Waals surface area contributed by atoms with Crippen LogP contribution >= 0.6 is 0 Å². The van der Waals surface area contributed by atoms with Gasteiger partial charge in [0, 0.05) is 33.7 Å². The van der Waals surface area contributed by atoms with Crippen molar-refractivity contribution < 1.29 is 18.0 Å². The molecule has 2 rings (SSSR count). The van der Waals surface area contributed by atoms with Crippen LogP contribution in [0.15, 0.2) is 12.1 Å². The smallest absolute Gasteiger partial charge is 0.347 e. The van der Waals surface area contributed by atoms with Gasteiger partial charge in [0.1, 0.15) is 6.04 Å². The topological polar surface area (TPSA) is 61.4 Å². The summed E-state index contributed by atoms with van der Waals surface area (Å²) in [6.07, 6.45) is -4.52. The second kappa shape index (κ2) is 5.84. The molecule has 0 radical (unpaired) electrons. The Labute approximate surface area is 119 Å². The Bertz CT molecular complexity index is 503. The number of alkyl halides is 3. The van der Waals surface area contributed by atoms with Crippen molar-refractivity contribution in [3.63, 3.8) is 0 Å². The summed E-state index contributed by atoms with van der Waals surface area (Å²) >= 11 is 0.